The normalized spacial score (nSPS) is 14.1. The summed E-state index contributed by atoms with van der Waals surface area (Å²) in [4.78, 5) is -1.35. The lowest BCUT2D eigenvalue weighted by Gasteiger charge is -2.14. The summed E-state index contributed by atoms with van der Waals surface area (Å²) in [5.41, 5.74) is -1.49. The molecule has 0 spiro atoms. The molecule has 1 aromatic rings. The fourth-order valence-electron chi connectivity index (χ4n) is 0.901. The molecular formula is C7H3F4O2S-. The molecule has 0 aliphatic heterocycles. The second-order valence-electron chi connectivity index (χ2n) is 2.35. The fourth-order valence-corrected chi connectivity index (χ4v) is 1.49. The van der Waals surface area contributed by atoms with Gasteiger partial charge in [0.25, 0.3) is 0 Å². The van der Waals surface area contributed by atoms with Crippen molar-refractivity contribution in [3.05, 3.63) is 29.6 Å². The zero-order valence-electron chi connectivity index (χ0n) is 6.47. The lowest BCUT2D eigenvalue weighted by molar-refractivity contribution is -0.140. The predicted molar refractivity (Wildman–Crippen MR) is 38.6 cm³/mol. The van der Waals surface area contributed by atoms with Gasteiger partial charge in [0.2, 0.25) is 0 Å². The summed E-state index contributed by atoms with van der Waals surface area (Å²) in [6, 6.07) is 1.96. The summed E-state index contributed by atoms with van der Waals surface area (Å²) in [7, 11) is 0. The van der Waals surface area contributed by atoms with Gasteiger partial charge in [-0.1, -0.05) is 6.07 Å². The van der Waals surface area contributed by atoms with Gasteiger partial charge >= 0.3 is 6.18 Å². The average Bonchev–Trinajstić information content (AvgIpc) is 2.01. The van der Waals surface area contributed by atoms with E-state index in [1.165, 1.54) is 0 Å². The molecule has 1 rings (SSSR count). The van der Waals surface area contributed by atoms with Gasteiger partial charge < -0.3 is 4.55 Å². The molecule has 1 aromatic carbocycles. The molecule has 1 atom stereocenters. The zero-order valence-corrected chi connectivity index (χ0v) is 7.29. The maximum Gasteiger partial charge on any atom is 0.417 e. The minimum absolute atomic E-state index is 0.508. The van der Waals surface area contributed by atoms with Crippen LogP contribution in [0.4, 0.5) is 17.6 Å². The second kappa shape index (κ2) is 3.66. The molecule has 7 heteroatoms. The molecule has 2 nitrogen and oxygen atoms in total. The van der Waals surface area contributed by atoms with E-state index in [-0.39, 0.29) is 0 Å². The lowest BCUT2D eigenvalue weighted by atomic mass is 10.2. The smallest absolute Gasteiger partial charge is 0.417 e. The first kappa shape index (κ1) is 11.1. The van der Waals surface area contributed by atoms with Crippen LogP contribution in [0, 0.1) is 5.82 Å². The number of rotatable bonds is 1. The highest BCUT2D eigenvalue weighted by Crippen LogP contribution is 2.34. The largest absolute Gasteiger partial charge is 0.768 e. The van der Waals surface area contributed by atoms with Gasteiger partial charge in [0.1, 0.15) is 5.82 Å². The molecule has 0 saturated heterocycles. The van der Waals surface area contributed by atoms with Crippen molar-refractivity contribution in [1.29, 1.82) is 0 Å². The Labute approximate surface area is 78.8 Å². The van der Waals surface area contributed by atoms with Crippen molar-refractivity contribution in [2.24, 2.45) is 0 Å². The molecule has 14 heavy (non-hydrogen) atoms. The third-order valence-electron chi connectivity index (χ3n) is 1.44. The van der Waals surface area contributed by atoms with Gasteiger partial charge in [-0.3, -0.25) is 4.21 Å². The Morgan fingerprint density at radius 1 is 1.29 bits per heavy atom. The Balaban J connectivity index is 3.44. The van der Waals surface area contributed by atoms with E-state index >= 15 is 0 Å². The Morgan fingerprint density at radius 3 is 2.21 bits per heavy atom. The van der Waals surface area contributed by atoms with E-state index in [0.717, 1.165) is 6.07 Å². The van der Waals surface area contributed by atoms with Crippen LogP contribution in [0.2, 0.25) is 0 Å². The van der Waals surface area contributed by atoms with Gasteiger partial charge in [0.05, 0.1) is 10.5 Å². The first-order valence-electron chi connectivity index (χ1n) is 3.29. The quantitative estimate of drug-likeness (QED) is 0.544. The minimum atomic E-state index is -4.88. The fraction of sp³-hybridized carbons (Fsp3) is 0.143. The van der Waals surface area contributed by atoms with Crippen LogP contribution in [0.5, 0.6) is 0 Å². The average molecular weight is 227 g/mol. The van der Waals surface area contributed by atoms with Crippen molar-refractivity contribution in [2.75, 3.05) is 0 Å². The molecule has 0 aliphatic carbocycles. The second-order valence-corrected chi connectivity index (χ2v) is 3.23. The van der Waals surface area contributed by atoms with Crippen LogP contribution in [0.15, 0.2) is 23.1 Å². The Kier molecular flexibility index (Phi) is 2.91. The topological polar surface area (TPSA) is 40.1 Å². The highest BCUT2D eigenvalue weighted by Gasteiger charge is 2.34. The molecule has 78 valence electrons. The summed E-state index contributed by atoms with van der Waals surface area (Å²) >= 11 is -3.24. The monoisotopic (exact) mass is 227 g/mol. The van der Waals surface area contributed by atoms with E-state index in [4.69, 9.17) is 0 Å². The van der Waals surface area contributed by atoms with E-state index in [0.29, 0.717) is 12.1 Å². The Bertz CT molecular complexity index is 374. The van der Waals surface area contributed by atoms with Crippen molar-refractivity contribution < 1.29 is 26.3 Å². The first-order valence-corrected chi connectivity index (χ1v) is 4.36. The summed E-state index contributed by atoms with van der Waals surface area (Å²) in [5, 5.41) is 0. The number of alkyl halides is 3. The van der Waals surface area contributed by atoms with Gasteiger partial charge in [-0.25, -0.2) is 4.39 Å². The number of benzene rings is 1. The summed E-state index contributed by atoms with van der Waals surface area (Å²) < 4.78 is 69.9. The Morgan fingerprint density at radius 2 is 1.86 bits per heavy atom. The van der Waals surface area contributed by atoms with Crippen molar-refractivity contribution in [1.82, 2.24) is 0 Å². The van der Waals surface area contributed by atoms with E-state index < -0.39 is 33.5 Å². The van der Waals surface area contributed by atoms with Gasteiger partial charge in [-0.05, 0) is 23.2 Å². The van der Waals surface area contributed by atoms with Crippen molar-refractivity contribution in [2.45, 2.75) is 11.1 Å². The number of hydrogen-bond donors (Lipinski definition) is 0. The summed E-state index contributed by atoms with van der Waals surface area (Å²) in [6.07, 6.45) is -4.88. The van der Waals surface area contributed by atoms with Gasteiger partial charge in [-0.2, -0.15) is 13.2 Å². The SMILES string of the molecule is O=S([O-])c1c(F)cccc1C(F)(F)F. The first-order chi connectivity index (χ1) is 6.34. The van der Waals surface area contributed by atoms with Crippen LogP contribution < -0.4 is 0 Å². The Hall–Kier alpha value is -0.950. The highest BCUT2D eigenvalue weighted by atomic mass is 32.2. The summed E-state index contributed by atoms with van der Waals surface area (Å²) in [5.74, 6) is -1.41. The third kappa shape index (κ3) is 2.10. The van der Waals surface area contributed by atoms with Crippen LogP contribution in [0.25, 0.3) is 0 Å². The van der Waals surface area contributed by atoms with Crippen molar-refractivity contribution in [3.63, 3.8) is 0 Å². The molecule has 0 aliphatic rings. The van der Waals surface area contributed by atoms with Gasteiger partial charge in [0.15, 0.2) is 0 Å². The molecule has 0 N–H and O–H groups in total. The molecule has 1 unspecified atom stereocenters. The van der Waals surface area contributed by atoms with E-state index in [1.54, 1.807) is 0 Å². The standard InChI is InChI=1S/C7H4F4O2S/c8-5-3-1-2-4(7(9,10)11)6(5)14(12)13/h1-3H,(H,12,13)/p-1. The molecule has 0 bridgehead atoms. The molecular weight excluding hydrogens is 224 g/mol. The van der Waals surface area contributed by atoms with Crippen LogP contribution in [0.3, 0.4) is 0 Å². The van der Waals surface area contributed by atoms with E-state index in [9.17, 15) is 26.3 Å². The van der Waals surface area contributed by atoms with Crippen molar-refractivity contribution >= 4 is 11.1 Å². The van der Waals surface area contributed by atoms with Gasteiger partial charge in [-0.15, -0.1) is 0 Å². The maximum atomic E-state index is 12.7. The van der Waals surface area contributed by atoms with Crippen LogP contribution in [0.1, 0.15) is 5.56 Å². The van der Waals surface area contributed by atoms with E-state index in [2.05, 4.69) is 0 Å². The van der Waals surface area contributed by atoms with Gasteiger partial charge in [0, 0.05) is 0 Å². The van der Waals surface area contributed by atoms with Crippen LogP contribution >= 0.6 is 0 Å². The van der Waals surface area contributed by atoms with Crippen LogP contribution in [-0.2, 0) is 17.3 Å². The molecule has 0 saturated carbocycles. The number of hydrogen-bond acceptors (Lipinski definition) is 2. The number of halogens is 4. The minimum Gasteiger partial charge on any atom is -0.768 e. The maximum absolute atomic E-state index is 12.7. The predicted octanol–water partition coefficient (Wildman–Crippen LogP) is 2.08. The highest BCUT2D eigenvalue weighted by molar-refractivity contribution is 7.79. The molecule has 0 amide bonds. The molecule has 0 fully saturated rings. The van der Waals surface area contributed by atoms with E-state index in [1.807, 2.05) is 0 Å². The summed E-state index contributed by atoms with van der Waals surface area (Å²) in [6.45, 7) is 0. The third-order valence-corrected chi connectivity index (χ3v) is 2.19. The molecule has 0 heterocycles. The van der Waals surface area contributed by atoms with Crippen molar-refractivity contribution in [3.8, 4) is 0 Å². The molecule has 0 aromatic heterocycles. The lowest BCUT2D eigenvalue weighted by Crippen LogP contribution is -2.11. The van der Waals surface area contributed by atoms with Crippen LogP contribution in [-0.4, -0.2) is 8.76 Å². The molecule has 0 radical (unpaired) electrons. The zero-order chi connectivity index (χ0) is 10.9.